The molecule has 7 nitrogen and oxygen atoms in total. The van der Waals surface area contributed by atoms with Crippen LogP contribution in [0.5, 0.6) is 0 Å². The molecule has 0 aliphatic heterocycles. The molecule has 0 heterocycles. The van der Waals surface area contributed by atoms with Gasteiger partial charge in [-0.05, 0) is 6.92 Å². The van der Waals surface area contributed by atoms with Crippen LogP contribution < -0.4 is 11.1 Å². The number of carbonyl (C=O) groups excluding carboxylic acids is 3. The van der Waals surface area contributed by atoms with Gasteiger partial charge in [-0.3, -0.25) is 9.59 Å². The van der Waals surface area contributed by atoms with E-state index >= 15 is 0 Å². The molecule has 3 atom stereocenters. The van der Waals surface area contributed by atoms with Gasteiger partial charge in [-0.15, -0.1) is 0 Å². The first-order valence-corrected chi connectivity index (χ1v) is 6.03. The molecule has 0 aromatic carbocycles. The first-order chi connectivity index (χ1) is 8.34. The minimum absolute atomic E-state index is 0.0980. The molecule has 18 heavy (non-hydrogen) atoms. The minimum Gasteiger partial charge on any atom is -0.391 e. The van der Waals surface area contributed by atoms with Crippen molar-refractivity contribution in [3.63, 3.8) is 0 Å². The molecule has 0 aliphatic carbocycles. The predicted octanol–water partition coefficient (Wildman–Crippen LogP) is -1.89. The number of aliphatic hydroxyl groups excluding tert-OH is 1. The van der Waals surface area contributed by atoms with Gasteiger partial charge in [-0.25, -0.2) is 0 Å². The van der Waals surface area contributed by atoms with E-state index in [1.807, 2.05) is 0 Å². The predicted molar refractivity (Wildman–Crippen MR) is 68.9 cm³/mol. The van der Waals surface area contributed by atoms with Crippen LogP contribution >= 0.6 is 12.6 Å². The number of aldehydes is 1. The van der Waals surface area contributed by atoms with Gasteiger partial charge >= 0.3 is 0 Å². The Hall–Kier alpha value is -1.12. The van der Waals surface area contributed by atoms with Gasteiger partial charge < -0.3 is 25.9 Å². The summed E-state index contributed by atoms with van der Waals surface area (Å²) in [7, 11) is 0. The van der Waals surface area contributed by atoms with E-state index in [1.54, 1.807) is 0 Å². The lowest BCUT2D eigenvalue weighted by molar-refractivity contribution is -0.141. The number of carbonyl (C=O) groups is 3. The molecule has 0 radical (unpaired) electrons. The second kappa shape index (κ2) is 8.06. The normalized spacial score (nSPS) is 15.4. The van der Waals surface area contributed by atoms with E-state index in [4.69, 9.17) is 5.73 Å². The Balaban J connectivity index is 4.95. The topological polar surface area (TPSA) is 113 Å². The van der Waals surface area contributed by atoms with E-state index in [9.17, 15) is 19.5 Å². The summed E-state index contributed by atoms with van der Waals surface area (Å²) in [5.74, 6) is -0.819. The Kier molecular flexibility index (Phi) is 7.56. The highest BCUT2D eigenvalue weighted by Gasteiger charge is 2.29. The van der Waals surface area contributed by atoms with Crippen molar-refractivity contribution in [1.82, 2.24) is 10.2 Å². The second-order valence-electron chi connectivity index (χ2n) is 3.86. The minimum atomic E-state index is -1.06. The zero-order valence-corrected chi connectivity index (χ0v) is 11.3. The van der Waals surface area contributed by atoms with E-state index in [-0.39, 0.29) is 18.3 Å². The SMILES string of the molecule is CC(=O)NCN(C(=O)[C@@H](N)CS)[C@H](C=O)[C@@H](C)O. The van der Waals surface area contributed by atoms with Crippen molar-refractivity contribution in [1.29, 1.82) is 0 Å². The molecule has 2 amide bonds. The van der Waals surface area contributed by atoms with Gasteiger partial charge in [-0.1, -0.05) is 0 Å². The highest BCUT2D eigenvalue weighted by Crippen LogP contribution is 2.05. The third-order valence-corrected chi connectivity index (χ3v) is 2.68. The molecule has 0 aromatic heterocycles. The average Bonchev–Trinajstić information content (AvgIpc) is 2.31. The number of nitrogens with one attached hydrogen (secondary N) is 1. The van der Waals surface area contributed by atoms with Gasteiger partial charge in [0, 0.05) is 12.7 Å². The molecule has 0 aliphatic rings. The molecule has 0 saturated carbocycles. The van der Waals surface area contributed by atoms with E-state index in [0.29, 0.717) is 6.29 Å². The monoisotopic (exact) mass is 277 g/mol. The van der Waals surface area contributed by atoms with Gasteiger partial charge in [-0.2, -0.15) is 12.6 Å². The third-order valence-electron chi connectivity index (χ3n) is 2.29. The largest absolute Gasteiger partial charge is 0.391 e. The summed E-state index contributed by atoms with van der Waals surface area (Å²) in [4.78, 5) is 34.7. The summed E-state index contributed by atoms with van der Waals surface area (Å²) in [6.45, 7) is 2.46. The maximum atomic E-state index is 11.9. The van der Waals surface area contributed by atoms with Crippen LogP contribution in [-0.2, 0) is 14.4 Å². The van der Waals surface area contributed by atoms with Crippen LogP contribution in [0, 0.1) is 0 Å². The zero-order valence-electron chi connectivity index (χ0n) is 10.4. The Morgan fingerprint density at radius 2 is 2.11 bits per heavy atom. The lowest BCUT2D eigenvalue weighted by Crippen LogP contribution is -2.56. The molecule has 104 valence electrons. The summed E-state index contributed by atoms with van der Waals surface area (Å²) >= 11 is 3.90. The van der Waals surface area contributed by atoms with Crippen LogP contribution in [0.2, 0.25) is 0 Å². The Morgan fingerprint density at radius 3 is 2.44 bits per heavy atom. The van der Waals surface area contributed by atoms with Gasteiger partial charge in [0.2, 0.25) is 11.8 Å². The van der Waals surface area contributed by atoms with Crippen LogP contribution in [0.25, 0.3) is 0 Å². The van der Waals surface area contributed by atoms with Crippen LogP contribution in [-0.4, -0.2) is 58.7 Å². The number of hydrogen-bond acceptors (Lipinski definition) is 6. The summed E-state index contributed by atoms with van der Waals surface area (Å²) < 4.78 is 0. The van der Waals surface area contributed by atoms with Gasteiger partial charge in [0.15, 0.2) is 0 Å². The fraction of sp³-hybridized carbons (Fsp3) is 0.700. The Morgan fingerprint density at radius 1 is 1.56 bits per heavy atom. The smallest absolute Gasteiger partial charge is 0.242 e. The molecular weight excluding hydrogens is 258 g/mol. The molecule has 0 aromatic rings. The van der Waals surface area contributed by atoms with Gasteiger partial charge in [0.1, 0.15) is 12.3 Å². The van der Waals surface area contributed by atoms with Crippen molar-refractivity contribution in [3.8, 4) is 0 Å². The van der Waals surface area contributed by atoms with E-state index in [0.717, 1.165) is 4.90 Å². The van der Waals surface area contributed by atoms with Crippen molar-refractivity contribution >= 4 is 30.7 Å². The second-order valence-corrected chi connectivity index (χ2v) is 4.22. The van der Waals surface area contributed by atoms with Gasteiger partial charge in [0.05, 0.1) is 18.8 Å². The molecule has 0 bridgehead atoms. The van der Waals surface area contributed by atoms with Crippen molar-refractivity contribution < 1.29 is 19.5 Å². The highest BCUT2D eigenvalue weighted by molar-refractivity contribution is 7.80. The summed E-state index contributed by atoms with van der Waals surface area (Å²) in [6.07, 6.45) is -0.623. The standard InChI is InChI=1S/C10H19N3O4S/c1-6(15)9(3-14)13(5-12-7(2)16)10(17)8(11)4-18/h3,6,8-9,15,18H,4-5,11H2,1-2H3,(H,12,16)/t6-,8+,9-/m1/s1. The molecule has 0 unspecified atom stereocenters. The number of hydrogen-bond donors (Lipinski definition) is 4. The lowest BCUT2D eigenvalue weighted by atomic mass is 10.1. The molecular formula is C10H19N3O4S. The Bertz CT molecular complexity index is 311. The molecule has 0 fully saturated rings. The van der Waals surface area contributed by atoms with Crippen LogP contribution in [0.1, 0.15) is 13.8 Å². The van der Waals surface area contributed by atoms with Crippen LogP contribution in [0.15, 0.2) is 0 Å². The third kappa shape index (κ3) is 5.03. The number of rotatable bonds is 7. The van der Waals surface area contributed by atoms with E-state index < -0.39 is 24.1 Å². The Labute approximate surface area is 111 Å². The fourth-order valence-electron chi connectivity index (χ4n) is 1.27. The fourth-order valence-corrected chi connectivity index (χ4v) is 1.42. The molecule has 4 N–H and O–H groups in total. The van der Waals surface area contributed by atoms with Crippen molar-refractivity contribution in [2.45, 2.75) is 32.0 Å². The molecule has 0 saturated heterocycles. The van der Waals surface area contributed by atoms with E-state index in [2.05, 4.69) is 17.9 Å². The zero-order chi connectivity index (χ0) is 14.3. The van der Waals surface area contributed by atoms with Crippen molar-refractivity contribution in [2.24, 2.45) is 5.73 Å². The molecule has 0 rings (SSSR count). The van der Waals surface area contributed by atoms with Crippen LogP contribution in [0.3, 0.4) is 0 Å². The summed E-state index contributed by atoms with van der Waals surface area (Å²) in [5.41, 5.74) is 5.54. The summed E-state index contributed by atoms with van der Waals surface area (Å²) in [6, 6.07) is -1.96. The lowest BCUT2D eigenvalue weighted by Gasteiger charge is -2.31. The first-order valence-electron chi connectivity index (χ1n) is 5.39. The number of thiol groups is 1. The molecule has 8 heteroatoms. The number of aliphatic hydroxyl groups is 1. The number of nitrogens with zero attached hydrogens (tertiary/aromatic N) is 1. The van der Waals surface area contributed by atoms with Crippen molar-refractivity contribution in [2.75, 3.05) is 12.4 Å². The van der Waals surface area contributed by atoms with E-state index in [1.165, 1.54) is 13.8 Å². The number of nitrogens with two attached hydrogens (primary N) is 1. The van der Waals surface area contributed by atoms with Crippen LogP contribution in [0.4, 0.5) is 0 Å². The van der Waals surface area contributed by atoms with Crippen molar-refractivity contribution in [3.05, 3.63) is 0 Å². The summed E-state index contributed by atoms with van der Waals surface area (Å²) in [5, 5.41) is 11.8. The number of amides is 2. The highest BCUT2D eigenvalue weighted by atomic mass is 32.1. The van der Waals surface area contributed by atoms with Gasteiger partial charge in [0.25, 0.3) is 0 Å². The maximum Gasteiger partial charge on any atom is 0.242 e. The quantitative estimate of drug-likeness (QED) is 0.247. The first kappa shape index (κ1) is 16.9. The average molecular weight is 277 g/mol. The maximum absolute atomic E-state index is 11.9. The molecule has 0 spiro atoms.